The van der Waals surface area contributed by atoms with E-state index in [0.29, 0.717) is 13.0 Å². The Balaban J connectivity index is 3.93. The van der Waals surface area contributed by atoms with E-state index in [1.54, 1.807) is 14.0 Å². The van der Waals surface area contributed by atoms with E-state index in [1.165, 1.54) is 4.90 Å². The Morgan fingerprint density at radius 3 is 2.50 bits per heavy atom. The molecule has 1 unspecified atom stereocenters. The number of urea groups is 1. The second-order valence-corrected chi connectivity index (χ2v) is 4.10. The van der Waals surface area contributed by atoms with Crippen molar-refractivity contribution in [1.82, 2.24) is 10.2 Å². The molecule has 0 aromatic rings. The summed E-state index contributed by atoms with van der Waals surface area (Å²) in [7, 11) is 1.67. The second-order valence-electron chi connectivity index (χ2n) is 4.10. The molecule has 92 valence electrons. The summed E-state index contributed by atoms with van der Waals surface area (Å²) < 4.78 is 0. The normalized spacial score (nSPS) is 11.7. The zero-order valence-electron chi connectivity index (χ0n) is 10.1. The molecular formula is C11H20N2O3. The standard InChI is InChI=1S/C11H20N2O3/c1-8(2)7-13(4)11(16)12-9(3)5-6-10(14)15/h9H,1,5-7H2,2-4H3,(H,12,16)(H,14,15). The zero-order valence-corrected chi connectivity index (χ0v) is 10.1. The largest absolute Gasteiger partial charge is 0.481 e. The molecule has 1 atom stereocenters. The van der Waals surface area contributed by atoms with E-state index >= 15 is 0 Å². The molecule has 2 N–H and O–H groups in total. The summed E-state index contributed by atoms with van der Waals surface area (Å²) in [5, 5.41) is 11.2. The monoisotopic (exact) mass is 228 g/mol. The molecule has 0 aromatic heterocycles. The number of aliphatic carboxylic acids is 1. The van der Waals surface area contributed by atoms with Crippen molar-refractivity contribution < 1.29 is 14.7 Å². The van der Waals surface area contributed by atoms with Crippen molar-refractivity contribution in [3.63, 3.8) is 0 Å². The predicted molar refractivity (Wildman–Crippen MR) is 62.3 cm³/mol. The number of hydrogen-bond acceptors (Lipinski definition) is 2. The fourth-order valence-corrected chi connectivity index (χ4v) is 1.21. The number of rotatable bonds is 6. The molecule has 0 spiro atoms. The van der Waals surface area contributed by atoms with Crippen molar-refractivity contribution in [3.8, 4) is 0 Å². The van der Waals surface area contributed by atoms with Crippen LogP contribution in [0.2, 0.25) is 0 Å². The van der Waals surface area contributed by atoms with Crippen LogP contribution in [0.1, 0.15) is 26.7 Å². The Kier molecular flexibility index (Phi) is 6.22. The molecule has 0 bridgehead atoms. The molecule has 0 radical (unpaired) electrons. The average Bonchev–Trinajstić information content (AvgIpc) is 2.13. The Labute approximate surface area is 96.1 Å². The van der Waals surface area contributed by atoms with Gasteiger partial charge < -0.3 is 15.3 Å². The van der Waals surface area contributed by atoms with Gasteiger partial charge in [0.1, 0.15) is 0 Å². The van der Waals surface area contributed by atoms with E-state index < -0.39 is 5.97 Å². The minimum Gasteiger partial charge on any atom is -0.481 e. The molecule has 0 saturated heterocycles. The number of nitrogens with zero attached hydrogens (tertiary/aromatic N) is 1. The SMILES string of the molecule is C=C(C)CN(C)C(=O)NC(C)CCC(=O)O. The van der Waals surface area contributed by atoms with Crippen LogP contribution in [0, 0.1) is 0 Å². The Morgan fingerprint density at radius 2 is 2.06 bits per heavy atom. The highest BCUT2D eigenvalue weighted by molar-refractivity contribution is 5.74. The van der Waals surface area contributed by atoms with Crippen LogP contribution in [0.3, 0.4) is 0 Å². The quantitative estimate of drug-likeness (QED) is 0.676. The second kappa shape index (κ2) is 6.87. The van der Waals surface area contributed by atoms with Crippen LogP contribution >= 0.6 is 0 Å². The first-order valence-corrected chi connectivity index (χ1v) is 5.20. The molecule has 16 heavy (non-hydrogen) atoms. The first-order chi connectivity index (χ1) is 7.32. The van der Waals surface area contributed by atoms with Gasteiger partial charge in [-0.15, -0.1) is 0 Å². The molecule has 0 rings (SSSR count). The van der Waals surface area contributed by atoms with Gasteiger partial charge in [-0.05, 0) is 20.3 Å². The molecule has 0 saturated carbocycles. The highest BCUT2D eigenvalue weighted by Crippen LogP contribution is 1.99. The van der Waals surface area contributed by atoms with Crippen LogP contribution in [0.25, 0.3) is 0 Å². The smallest absolute Gasteiger partial charge is 0.317 e. The van der Waals surface area contributed by atoms with Crippen LogP contribution in [-0.2, 0) is 4.79 Å². The van der Waals surface area contributed by atoms with Crippen LogP contribution < -0.4 is 5.32 Å². The van der Waals surface area contributed by atoms with Gasteiger partial charge >= 0.3 is 12.0 Å². The third-order valence-corrected chi connectivity index (χ3v) is 2.01. The number of carbonyl (C=O) groups is 2. The van der Waals surface area contributed by atoms with E-state index in [-0.39, 0.29) is 18.5 Å². The van der Waals surface area contributed by atoms with Gasteiger partial charge in [-0.2, -0.15) is 0 Å². The number of nitrogens with one attached hydrogen (secondary N) is 1. The number of carboxylic acid groups (broad SMARTS) is 1. The minimum absolute atomic E-state index is 0.0612. The average molecular weight is 228 g/mol. The van der Waals surface area contributed by atoms with Gasteiger partial charge in [0.2, 0.25) is 0 Å². The fraction of sp³-hybridized carbons (Fsp3) is 0.636. The van der Waals surface area contributed by atoms with Gasteiger partial charge in [-0.1, -0.05) is 12.2 Å². The van der Waals surface area contributed by atoms with Crippen molar-refractivity contribution in [2.75, 3.05) is 13.6 Å². The van der Waals surface area contributed by atoms with E-state index in [9.17, 15) is 9.59 Å². The molecule has 0 heterocycles. The van der Waals surface area contributed by atoms with Gasteiger partial charge in [0, 0.05) is 26.1 Å². The van der Waals surface area contributed by atoms with E-state index in [1.807, 2.05) is 6.92 Å². The summed E-state index contributed by atoms with van der Waals surface area (Å²) >= 11 is 0. The lowest BCUT2D eigenvalue weighted by Gasteiger charge is -2.21. The van der Waals surface area contributed by atoms with Crippen molar-refractivity contribution in [2.45, 2.75) is 32.7 Å². The lowest BCUT2D eigenvalue weighted by atomic mass is 10.2. The summed E-state index contributed by atoms with van der Waals surface area (Å²) in [4.78, 5) is 23.4. The first-order valence-electron chi connectivity index (χ1n) is 5.20. The molecule has 5 nitrogen and oxygen atoms in total. The van der Waals surface area contributed by atoms with Crippen LogP contribution in [0.15, 0.2) is 12.2 Å². The lowest BCUT2D eigenvalue weighted by Crippen LogP contribution is -2.42. The van der Waals surface area contributed by atoms with Crippen molar-refractivity contribution in [2.24, 2.45) is 0 Å². The van der Waals surface area contributed by atoms with Crippen LogP contribution in [0.4, 0.5) is 4.79 Å². The maximum absolute atomic E-state index is 11.6. The van der Waals surface area contributed by atoms with E-state index in [2.05, 4.69) is 11.9 Å². The molecule has 0 aromatic carbocycles. The van der Waals surface area contributed by atoms with Gasteiger partial charge in [-0.25, -0.2) is 4.79 Å². The first kappa shape index (κ1) is 14.5. The molecule has 0 aliphatic carbocycles. The number of likely N-dealkylation sites (N-methyl/N-ethyl adjacent to an activating group) is 1. The molecule has 0 aliphatic rings. The zero-order chi connectivity index (χ0) is 12.7. The molecule has 0 aliphatic heterocycles. The number of carbonyl (C=O) groups excluding carboxylic acids is 1. The highest BCUT2D eigenvalue weighted by Gasteiger charge is 2.12. The third kappa shape index (κ3) is 6.86. The van der Waals surface area contributed by atoms with Crippen molar-refractivity contribution in [1.29, 1.82) is 0 Å². The summed E-state index contributed by atoms with van der Waals surface area (Å²) in [6.07, 6.45) is 0.494. The summed E-state index contributed by atoms with van der Waals surface area (Å²) in [5.74, 6) is -0.851. The summed E-state index contributed by atoms with van der Waals surface area (Å²) in [6.45, 7) is 7.85. The maximum Gasteiger partial charge on any atom is 0.317 e. The van der Waals surface area contributed by atoms with E-state index in [4.69, 9.17) is 5.11 Å². The topological polar surface area (TPSA) is 69.6 Å². The lowest BCUT2D eigenvalue weighted by molar-refractivity contribution is -0.137. The molecule has 5 heteroatoms. The highest BCUT2D eigenvalue weighted by atomic mass is 16.4. The molecular weight excluding hydrogens is 208 g/mol. The summed E-state index contributed by atoms with van der Waals surface area (Å²) in [6, 6.07) is -0.350. The van der Waals surface area contributed by atoms with Crippen molar-refractivity contribution >= 4 is 12.0 Å². The molecule has 2 amide bonds. The number of hydrogen-bond donors (Lipinski definition) is 2. The Morgan fingerprint density at radius 1 is 1.50 bits per heavy atom. The van der Waals surface area contributed by atoms with Crippen LogP contribution in [-0.4, -0.2) is 41.6 Å². The maximum atomic E-state index is 11.6. The predicted octanol–water partition coefficient (Wildman–Crippen LogP) is 1.46. The Hall–Kier alpha value is -1.52. The third-order valence-electron chi connectivity index (χ3n) is 2.01. The van der Waals surface area contributed by atoms with Gasteiger partial charge in [0.15, 0.2) is 0 Å². The van der Waals surface area contributed by atoms with Crippen LogP contribution in [0.5, 0.6) is 0 Å². The van der Waals surface area contributed by atoms with Gasteiger partial charge in [-0.3, -0.25) is 4.79 Å². The fourth-order valence-electron chi connectivity index (χ4n) is 1.21. The number of amides is 2. The minimum atomic E-state index is -0.851. The van der Waals surface area contributed by atoms with Crippen molar-refractivity contribution in [3.05, 3.63) is 12.2 Å². The Bertz CT molecular complexity index is 276. The summed E-state index contributed by atoms with van der Waals surface area (Å²) in [5.41, 5.74) is 0.899. The van der Waals surface area contributed by atoms with E-state index in [0.717, 1.165) is 5.57 Å². The van der Waals surface area contributed by atoms with Gasteiger partial charge in [0.05, 0.1) is 0 Å². The molecule has 0 fully saturated rings. The number of carboxylic acids is 1. The van der Waals surface area contributed by atoms with Gasteiger partial charge in [0.25, 0.3) is 0 Å².